The summed E-state index contributed by atoms with van der Waals surface area (Å²) in [5.74, 6) is 0.808. The van der Waals surface area contributed by atoms with Crippen LogP contribution >= 0.6 is 0 Å². The molecule has 1 aromatic rings. The highest BCUT2D eigenvalue weighted by Crippen LogP contribution is 2.36. The monoisotopic (exact) mass is 367 g/mol. The van der Waals surface area contributed by atoms with Gasteiger partial charge in [0.2, 0.25) is 10.0 Å². The first-order valence-electron chi connectivity index (χ1n) is 9.69. The van der Waals surface area contributed by atoms with E-state index in [2.05, 4.69) is 34.6 Å². The summed E-state index contributed by atoms with van der Waals surface area (Å²) in [6.45, 7) is 11.7. The molecule has 2 aliphatic rings. The van der Waals surface area contributed by atoms with Gasteiger partial charge in [0.1, 0.15) is 4.90 Å². The van der Waals surface area contributed by atoms with Crippen LogP contribution in [0.4, 0.5) is 0 Å². The Bertz CT molecular complexity index is 702. The molecule has 2 unspecified atom stereocenters. The summed E-state index contributed by atoms with van der Waals surface area (Å²) >= 11 is 0. The molecule has 0 radical (unpaired) electrons. The van der Waals surface area contributed by atoms with Gasteiger partial charge in [-0.3, -0.25) is 4.68 Å². The van der Waals surface area contributed by atoms with E-state index >= 15 is 0 Å². The molecule has 1 aliphatic carbocycles. The Morgan fingerprint density at radius 1 is 1.08 bits per heavy atom. The lowest BCUT2D eigenvalue weighted by atomic mass is 9.92. The third-order valence-corrected chi connectivity index (χ3v) is 7.39. The Kier molecular flexibility index (Phi) is 5.06. The maximum Gasteiger partial charge on any atom is 0.246 e. The molecule has 1 aromatic heterocycles. The molecule has 0 N–H and O–H groups in total. The predicted molar refractivity (Wildman–Crippen MR) is 100 cm³/mol. The van der Waals surface area contributed by atoms with Crippen molar-refractivity contribution in [3.8, 4) is 0 Å². The number of aromatic nitrogens is 2. The number of rotatable bonds is 3. The Balaban J connectivity index is 2.01. The van der Waals surface area contributed by atoms with Gasteiger partial charge in [-0.2, -0.15) is 9.40 Å². The van der Waals surface area contributed by atoms with Crippen molar-refractivity contribution in [3.63, 3.8) is 0 Å². The van der Waals surface area contributed by atoms with Gasteiger partial charge in [0.15, 0.2) is 0 Å². The third-order valence-electron chi connectivity index (χ3n) is 5.56. The summed E-state index contributed by atoms with van der Waals surface area (Å²) in [4.78, 5) is 0.424. The first kappa shape index (κ1) is 18.9. The third kappa shape index (κ3) is 3.80. The summed E-state index contributed by atoms with van der Waals surface area (Å²) < 4.78 is 30.5. The minimum Gasteiger partial charge on any atom is -0.268 e. The van der Waals surface area contributed by atoms with Crippen LogP contribution in [0.5, 0.6) is 0 Å². The molecule has 2 fully saturated rings. The molecule has 142 valence electrons. The average molecular weight is 368 g/mol. The quantitative estimate of drug-likeness (QED) is 0.812. The summed E-state index contributed by atoms with van der Waals surface area (Å²) in [5.41, 5.74) is 0.421. The van der Waals surface area contributed by atoms with Gasteiger partial charge in [0.05, 0.1) is 11.7 Å². The number of nitrogens with zero attached hydrogens (tertiary/aromatic N) is 3. The number of hydrogen-bond donors (Lipinski definition) is 0. The van der Waals surface area contributed by atoms with E-state index in [1.165, 1.54) is 12.8 Å². The van der Waals surface area contributed by atoms with Crippen molar-refractivity contribution in [3.05, 3.63) is 11.9 Å². The Morgan fingerprint density at radius 3 is 2.16 bits per heavy atom. The minimum atomic E-state index is -3.50. The lowest BCUT2D eigenvalue weighted by molar-refractivity contribution is 0.222. The molecule has 1 saturated carbocycles. The smallest absolute Gasteiger partial charge is 0.246 e. The Morgan fingerprint density at radius 2 is 1.64 bits per heavy atom. The van der Waals surface area contributed by atoms with Crippen LogP contribution in [0, 0.1) is 11.8 Å². The van der Waals surface area contributed by atoms with Crippen LogP contribution in [-0.2, 0) is 15.4 Å². The van der Waals surface area contributed by atoms with Gasteiger partial charge in [-0.25, -0.2) is 8.42 Å². The van der Waals surface area contributed by atoms with Crippen LogP contribution in [0.15, 0.2) is 11.1 Å². The summed E-state index contributed by atoms with van der Waals surface area (Å²) in [6.07, 6.45) is 7.53. The van der Waals surface area contributed by atoms with E-state index in [-0.39, 0.29) is 5.41 Å². The fraction of sp³-hybridized carbons (Fsp3) is 0.842. The Labute approximate surface area is 152 Å². The molecule has 1 saturated heterocycles. The Hall–Kier alpha value is -0.880. The highest BCUT2D eigenvalue weighted by atomic mass is 32.2. The second kappa shape index (κ2) is 6.69. The molecule has 0 amide bonds. The second-order valence-corrected chi connectivity index (χ2v) is 11.2. The predicted octanol–water partition coefficient (Wildman–Crippen LogP) is 3.96. The van der Waals surface area contributed by atoms with E-state index in [0.717, 1.165) is 19.3 Å². The van der Waals surface area contributed by atoms with E-state index in [4.69, 9.17) is 5.10 Å². The van der Waals surface area contributed by atoms with Crippen LogP contribution < -0.4 is 0 Å². The number of sulfonamides is 1. The molecular formula is C19H33N3O2S. The zero-order valence-electron chi connectivity index (χ0n) is 16.3. The van der Waals surface area contributed by atoms with Gasteiger partial charge in [-0.1, -0.05) is 47.5 Å². The molecule has 5 nitrogen and oxygen atoms in total. The maximum absolute atomic E-state index is 13.4. The highest BCUT2D eigenvalue weighted by Gasteiger charge is 2.37. The van der Waals surface area contributed by atoms with Crippen LogP contribution in [-0.4, -0.2) is 35.6 Å². The molecule has 25 heavy (non-hydrogen) atoms. The largest absolute Gasteiger partial charge is 0.268 e. The number of hydrogen-bond acceptors (Lipinski definition) is 3. The first-order chi connectivity index (χ1) is 11.6. The molecule has 0 bridgehead atoms. The van der Waals surface area contributed by atoms with Crippen molar-refractivity contribution in [2.24, 2.45) is 11.8 Å². The van der Waals surface area contributed by atoms with E-state index in [1.54, 1.807) is 4.31 Å². The van der Waals surface area contributed by atoms with Crippen molar-refractivity contribution < 1.29 is 8.42 Å². The molecule has 2 atom stereocenters. The van der Waals surface area contributed by atoms with Crippen LogP contribution in [0.2, 0.25) is 0 Å². The van der Waals surface area contributed by atoms with Gasteiger partial charge in [-0.15, -0.1) is 0 Å². The van der Waals surface area contributed by atoms with E-state index in [1.807, 2.05) is 10.9 Å². The van der Waals surface area contributed by atoms with Crippen LogP contribution in [0.1, 0.15) is 78.5 Å². The molecule has 3 rings (SSSR count). The lowest BCUT2D eigenvalue weighted by Gasteiger charge is -2.34. The first-order valence-corrected chi connectivity index (χ1v) is 11.1. The zero-order valence-corrected chi connectivity index (χ0v) is 17.1. The van der Waals surface area contributed by atoms with Gasteiger partial charge >= 0.3 is 0 Å². The van der Waals surface area contributed by atoms with Crippen LogP contribution in [0.25, 0.3) is 0 Å². The maximum atomic E-state index is 13.4. The number of piperidine rings is 1. The molecule has 2 heterocycles. The topological polar surface area (TPSA) is 55.2 Å². The molecule has 6 heteroatoms. The van der Waals surface area contributed by atoms with Crippen molar-refractivity contribution in [2.45, 2.75) is 83.1 Å². The van der Waals surface area contributed by atoms with E-state index < -0.39 is 10.0 Å². The second-order valence-electron chi connectivity index (χ2n) is 9.28. The van der Waals surface area contributed by atoms with Crippen molar-refractivity contribution in [1.82, 2.24) is 14.1 Å². The van der Waals surface area contributed by atoms with Gasteiger partial charge in [0.25, 0.3) is 0 Å². The molecule has 0 spiro atoms. The van der Waals surface area contributed by atoms with Gasteiger partial charge < -0.3 is 0 Å². The van der Waals surface area contributed by atoms with Crippen molar-refractivity contribution in [2.75, 3.05) is 13.1 Å². The standard InChI is InChI=1S/C19H33N3O2S/c1-14-10-15(2)12-21(11-14)25(23,24)17-13-22(16-8-6-7-9-16)20-18(17)19(3,4)5/h13-16H,6-12H2,1-5H3. The minimum absolute atomic E-state index is 0.292. The lowest BCUT2D eigenvalue weighted by Crippen LogP contribution is -2.43. The van der Waals surface area contributed by atoms with Crippen molar-refractivity contribution >= 4 is 10.0 Å². The molecular weight excluding hydrogens is 334 g/mol. The SMILES string of the molecule is CC1CC(C)CN(S(=O)(=O)c2cn(C3CCCC3)nc2C(C)(C)C)C1. The average Bonchev–Trinajstić information content (AvgIpc) is 3.15. The normalized spacial score (nSPS) is 27.1. The fourth-order valence-electron chi connectivity index (χ4n) is 4.38. The summed E-state index contributed by atoms with van der Waals surface area (Å²) in [6, 6.07) is 0.351. The molecule has 0 aromatic carbocycles. The highest BCUT2D eigenvalue weighted by molar-refractivity contribution is 7.89. The zero-order chi connectivity index (χ0) is 18.4. The molecule has 1 aliphatic heterocycles. The fourth-order valence-corrected chi connectivity index (χ4v) is 6.39. The summed E-state index contributed by atoms with van der Waals surface area (Å²) in [7, 11) is -3.50. The summed E-state index contributed by atoms with van der Waals surface area (Å²) in [5, 5.41) is 4.77. The van der Waals surface area contributed by atoms with E-state index in [0.29, 0.717) is 41.6 Å². The van der Waals surface area contributed by atoms with E-state index in [9.17, 15) is 8.42 Å². The van der Waals surface area contributed by atoms with Crippen LogP contribution in [0.3, 0.4) is 0 Å². The van der Waals surface area contributed by atoms with Gasteiger partial charge in [0, 0.05) is 24.7 Å². The van der Waals surface area contributed by atoms with Gasteiger partial charge in [-0.05, 0) is 31.1 Å². The van der Waals surface area contributed by atoms with Crippen molar-refractivity contribution in [1.29, 1.82) is 0 Å².